The van der Waals surface area contributed by atoms with E-state index in [-0.39, 0.29) is 12.5 Å². The number of aliphatic hydroxyl groups is 1. The topological polar surface area (TPSA) is 75.1 Å². The highest BCUT2D eigenvalue weighted by atomic mass is 32.1. The van der Waals surface area contributed by atoms with E-state index < -0.39 is 6.04 Å². The summed E-state index contributed by atoms with van der Waals surface area (Å²) in [5.41, 5.74) is 1.56. The number of nitrogens with zero attached hydrogens (tertiary/aromatic N) is 2. The highest BCUT2D eigenvalue weighted by molar-refractivity contribution is 7.08. The van der Waals surface area contributed by atoms with Gasteiger partial charge in [-0.1, -0.05) is 41.7 Å². The molecule has 1 heterocycles. The smallest absolute Gasteiger partial charge is 0.265 e. The van der Waals surface area contributed by atoms with E-state index in [9.17, 15) is 9.90 Å². The van der Waals surface area contributed by atoms with E-state index in [0.717, 1.165) is 17.1 Å². The monoisotopic (exact) mass is 277 g/mol. The van der Waals surface area contributed by atoms with Gasteiger partial charge in [-0.2, -0.15) is 0 Å². The van der Waals surface area contributed by atoms with Crippen LogP contribution in [-0.4, -0.2) is 27.2 Å². The van der Waals surface area contributed by atoms with Crippen LogP contribution in [0.15, 0.2) is 30.3 Å². The predicted molar refractivity (Wildman–Crippen MR) is 73.0 cm³/mol. The summed E-state index contributed by atoms with van der Waals surface area (Å²) in [4.78, 5) is 12.6. The first-order valence-corrected chi connectivity index (χ1v) is 6.81. The lowest BCUT2D eigenvalue weighted by atomic mass is 10.1. The van der Waals surface area contributed by atoms with Crippen molar-refractivity contribution in [3.05, 3.63) is 46.5 Å². The fourth-order valence-electron chi connectivity index (χ4n) is 1.76. The number of nitrogens with one attached hydrogen (secondary N) is 1. The maximum atomic E-state index is 12.1. The Balaban J connectivity index is 2.13. The number of hydrogen-bond acceptors (Lipinski definition) is 5. The molecule has 0 saturated carbocycles. The molecule has 100 valence electrons. The van der Waals surface area contributed by atoms with E-state index in [1.165, 1.54) is 0 Å². The molecule has 0 unspecified atom stereocenters. The summed E-state index contributed by atoms with van der Waals surface area (Å²) in [6, 6.07) is 8.95. The Hall–Kier alpha value is -1.79. The van der Waals surface area contributed by atoms with Crippen LogP contribution in [0.4, 0.5) is 0 Å². The van der Waals surface area contributed by atoms with Crippen LogP contribution in [0.25, 0.3) is 0 Å². The van der Waals surface area contributed by atoms with Crippen molar-refractivity contribution in [3.8, 4) is 0 Å². The van der Waals surface area contributed by atoms with Gasteiger partial charge in [0.1, 0.15) is 4.88 Å². The molecule has 2 aromatic rings. The van der Waals surface area contributed by atoms with E-state index in [4.69, 9.17) is 0 Å². The van der Waals surface area contributed by atoms with Gasteiger partial charge in [0.2, 0.25) is 0 Å². The number of hydrogen-bond donors (Lipinski definition) is 2. The van der Waals surface area contributed by atoms with Crippen LogP contribution >= 0.6 is 11.5 Å². The SMILES string of the molecule is CCc1nnsc1C(=O)N[C@H](CO)c1ccccc1. The molecule has 0 bridgehead atoms. The third-order valence-corrected chi connectivity index (χ3v) is 3.55. The van der Waals surface area contributed by atoms with Gasteiger partial charge in [0, 0.05) is 0 Å². The largest absolute Gasteiger partial charge is 0.394 e. The Morgan fingerprint density at radius 2 is 2.16 bits per heavy atom. The Kier molecular flexibility index (Phi) is 4.59. The summed E-state index contributed by atoms with van der Waals surface area (Å²) in [5, 5.41) is 16.1. The maximum Gasteiger partial charge on any atom is 0.265 e. The second-order valence-electron chi connectivity index (χ2n) is 4.02. The van der Waals surface area contributed by atoms with Crippen molar-refractivity contribution in [1.82, 2.24) is 14.9 Å². The molecule has 0 saturated heterocycles. The van der Waals surface area contributed by atoms with Crippen LogP contribution in [0.1, 0.15) is 33.9 Å². The average molecular weight is 277 g/mol. The van der Waals surface area contributed by atoms with Crippen LogP contribution in [0.5, 0.6) is 0 Å². The van der Waals surface area contributed by atoms with E-state index >= 15 is 0 Å². The van der Waals surface area contributed by atoms with Gasteiger partial charge in [-0.15, -0.1) is 5.10 Å². The van der Waals surface area contributed by atoms with Gasteiger partial charge in [-0.25, -0.2) is 0 Å². The minimum atomic E-state index is -0.416. The van der Waals surface area contributed by atoms with Crippen LogP contribution in [0, 0.1) is 0 Å². The van der Waals surface area contributed by atoms with E-state index in [1.54, 1.807) is 0 Å². The van der Waals surface area contributed by atoms with E-state index in [1.807, 2.05) is 37.3 Å². The first-order chi connectivity index (χ1) is 9.26. The molecule has 0 radical (unpaired) electrons. The Morgan fingerprint density at radius 3 is 2.79 bits per heavy atom. The molecule has 0 aliphatic rings. The number of aliphatic hydroxyl groups excluding tert-OH is 1. The first-order valence-electron chi connectivity index (χ1n) is 6.04. The number of rotatable bonds is 5. The summed E-state index contributed by atoms with van der Waals surface area (Å²) in [5.74, 6) is -0.241. The molecule has 2 N–H and O–H groups in total. The van der Waals surface area contributed by atoms with Gasteiger partial charge >= 0.3 is 0 Å². The van der Waals surface area contributed by atoms with Crippen LogP contribution in [0.3, 0.4) is 0 Å². The second kappa shape index (κ2) is 6.40. The Bertz CT molecular complexity index is 542. The van der Waals surface area contributed by atoms with Crippen molar-refractivity contribution in [2.45, 2.75) is 19.4 Å². The zero-order valence-corrected chi connectivity index (χ0v) is 11.4. The molecular weight excluding hydrogens is 262 g/mol. The molecule has 1 atom stereocenters. The Labute approximate surface area is 115 Å². The summed E-state index contributed by atoms with van der Waals surface area (Å²) < 4.78 is 3.79. The number of aryl methyl sites for hydroxylation is 1. The van der Waals surface area contributed by atoms with Gasteiger partial charge in [0.15, 0.2) is 0 Å². The summed E-state index contributed by atoms with van der Waals surface area (Å²) in [6.45, 7) is 1.78. The number of carbonyl (C=O) groups excluding carboxylic acids is 1. The third-order valence-electron chi connectivity index (χ3n) is 2.79. The highest BCUT2D eigenvalue weighted by Crippen LogP contribution is 2.15. The molecule has 19 heavy (non-hydrogen) atoms. The van der Waals surface area contributed by atoms with Crippen LogP contribution in [-0.2, 0) is 6.42 Å². The minimum absolute atomic E-state index is 0.149. The van der Waals surface area contributed by atoms with Gasteiger partial charge in [0.05, 0.1) is 18.3 Å². The molecule has 1 aromatic heterocycles. The molecule has 0 fully saturated rings. The van der Waals surface area contributed by atoms with E-state index in [2.05, 4.69) is 14.9 Å². The van der Waals surface area contributed by atoms with E-state index in [0.29, 0.717) is 17.0 Å². The number of amides is 1. The number of benzene rings is 1. The van der Waals surface area contributed by atoms with Gasteiger partial charge in [0.25, 0.3) is 5.91 Å². The molecule has 0 aliphatic carbocycles. The van der Waals surface area contributed by atoms with Crippen molar-refractivity contribution in [1.29, 1.82) is 0 Å². The van der Waals surface area contributed by atoms with Crippen molar-refractivity contribution in [2.24, 2.45) is 0 Å². The van der Waals surface area contributed by atoms with Crippen LogP contribution in [0.2, 0.25) is 0 Å². The minimum Gasteiger partial charge on any atom is -0.394 e. The molecule has 2 rings (SSSR count). The fourth-order valence-corrected chi connectivity index (χ4v) is 2.41. The molecule has 0 spiro atoms. The lowest BCUT2D eigenvalue weighted by Crippen LogP contribution is -2.30. The average Bonchev–Trinajstić information content (AvgIpc) is 2.94. The molecule has 5 nitrogen and oxygen atoms in total. The molecule has 1 aromatic carbocycles. The molecule has 0 aliphatic heterocycles. The normalized spacial score (nSPS) is 12.1. The zero-order valence-electron chi connectivity index (χ0n) is 10.5. The quantitative estimate of drug-likeness (QED) is 0.869. The lowest BCUT2D eigenvalue weighted by molar-refractivity contribution is 0.0919. The first kappa shape index (κ1) is 13.6. The molecule has 1 amide bonds. The van der Waals surface area contributed by atoms with Gasteiger partial charge in [-0.3, -0.25) is 4.79 Å². The van der Waals surface area contributed by atoms with Crippen molar-refractivity contribution < 1.29 is 9.90 Å². The summed E-state index contributed by atoms with van der Waals surface area (Å²) in [7, 11) is 0. The Morgan fingerprint density at radius 1 is 1.42 bits per heavy atom. The maximum absolute atomic E-state index is 12.1. The van der Waals surface area contributed by atoms with Crippen molar-refractivity contribution in [2.75, 3.05) is 6.61 Å². The van der Waals surface area contributed by atoms with Gasteiger partial charge in [-0.05, 0) is 23.5 Å². The van der Waals surface area contributed by atoms with Crippen molar-refractivity contribution >= 4 is 17.4 Å². The standard InChI is InChI=1S/C13H15N3O2S/c1-2-10-12(19-16-15-10)13(18)14-11(8-17)9-6-4-3-5-7-9/h3-7,11,17H,2,8H2,1H3,(H,14,18)/t11-/m1/s1. The molecular formula is C13H15N3O2S. The van der Waals surface area contributed by atoms with Gasteiger partial charge < -0.3 is 10.4 Å². The number of carbonyl (C=O) groups is 1. The highest BCUT2D eigenvalue weighted by Gasteiger charge is 2.19. The van der Waals surface area contributed by atoms with Crippen molar-refractivity contribution in [3.63, 3.8) is 0 Å². The second-order valence-corrected chi connectivity index (χ2v) is 4.78. The summed E-state index contributed by atoms with van der Waals surface area (Å²) in [6.07, 6.45) is 0.661. The lowest BCUT2D eigenvalue weighted by Gasteiger charge is -2.16. The third kappa shape index (κ3) is 3.15. The molecule has 6 heteroatoms. The fraction of sp³-hybridized carbons (Fsp3) is 0.308. The van der Waals surface area contributed by atoms with Crippen LogP contribution < -0.4 is 5.32 Å². The number of aromatic nitrogens is 2. The zero-order chi connectivity index (χ0) is 13.7. The summed E-state index contributed by atoms with van der Waals surface area (Å²) >= 11 is 1.08. The predicted octanol–water partition coefficient (Wildman–Crippen LogP) is 1.56.